The fraction of sp³-hybridized carbons (Fsp3) is 1.00. The Morgan fingerprint density at radius 2 is 2.29 bits per heavy atom. The van der Waals surface area contributed by atoms with Gasteiger partial charge in [0.25, 0.3) is 0 Å². The van der Waals surface area contributed by atoms with Crippen molar-refractivity contribution in [2.24, 2.45) is 5.92 Å². The molecule has 2 unspecified atom stereocenters. The molecule has 1 nitrogen and oxygen atoms in total. The fourth-order valence-electron chi connectivity index (χ4n) is 0.282. The summed E-state index contributed by atoms with van der Waals surface area (Å²) in [4.78, 5) is 0. The topological polar surface area (TPSA) is 9.23 Å². The van der Waals surface area contributed by atoms with Gasteiger partial charge < -0.3 is 4.52 Å². The van der Waals surface area contributed by atoms with Crippen LogP contribution in [0, 0.1) is 5.92 Å². The summed E-state index contributed by atoms with van der Waals surface area (Å²) in [5.41, 5.74) is 0. The van der Waals surface area contributed by atoms with Crippen LogP contribution in [0.15, 0.2) is 0 Å². The molecule has 0 aliphatic carbocycles. The Morgan fingerprint density at radius 1 is 1.71 bits per heavy atom. The van der Waals surface area contributed by atoms with E-state index in [1.54, 1.807) is 0 Å². The van der Waals surface area contributed by atoms with Crippen molar-refractivity contribution in [3.63, 3.8) is 0 Å². The van der Waals surface area contributed by atoms with E-state index in [0.717, 1.165) is 6.61 Å². The molecule has 0 fully saturated rings. The lowest BCUT2D eigenvalue weighted by molar-refractivity contribution is 0.295. The van der Waals surface area contributed by atoms with Gasteiger partial charge in [-0.05, 0) is 5.92 Å². The molecule has 0 saturated carbocycles. The molecule has 0 aromatic carbocycles. The summed E-state index contributed by atoms with van der Waals surface area (Å²) in [6.07, 6.45) is 1.20. The van der Waals surface area contributed by atoms with Crippen molar-refractivity contribution < 1.29 is 4.52 Å². The van der Waals surface area contributed by atoms with Crippen molar-refractivity contribution in [3.8, 4) is 0 Å². The normalized spacial score (nSPS) is 14.1. The second-order valence-corrected chi connectivity index (χ2v) is 2.18. The smallest absolute Gasteiger partial charge is 0.0527 e. The molecule has 0 amide bonds. The molecule has 0 radical (unpaired) electrons. The summed E-state index contributed by atoms with van der Waals surface area (Å²) in [6, 6.07) is 0. The highest BCUT2D eigenvalue weighted by Crippen LogP contribution is 2.01. The van der Waals surface area contributed by atoms with Gasteiger partial charge in [-0.1, -0.05) is 20.3 Å². The van der Waals surface area contributed by atoms with Gasteiger partial charge >= 0.3 is 0 Å². The van der Waals surface area contributed by atoms with E-state index < -0.39 is 0 Å². The Labute approximate surface area is 47.7 Å². The third-order valence-corrected chi connectivity index (χ3v) is 1.27. The van der Waals surface area contributed by atoms with E-state index >= 15 is 0 Å². The molecular formula is C5H13OP. The van der Waals surface area contributed by atoms with E-state index in [2.05, 4.69) is 23.3 Å². The predicted molar refractivity (Wildman–Crippen MR) is 35.1 cm³/mol. The molecule has 2 atom stereocenters. The first kappa shape index (κ1) is 7.39. The van der Waals surface area contributed by atoms with Crippen LogP contribution in [0.25, 0.3) is 0 Å². The Kier molecular flexibility index (Phi) is 4.80. The zero-order valence-corrected chi connectivity index (χ0v) is 6.13. The second kappa shape index (κ2) is 4.55. The van der Waals surface area contributed by atoms with E-state index in [-0.39, 0.29) is 0 Å². The number of hydrogen-bond donors (Lipinski definition) is 0. The fourth-order valence-corrected chi connectivity index (χ4v) is 0.611. The van der Waals surface area contributed by atoms with Crippen LogP contribution < -0.4 is 0 Å². The average Bonchev–Trinajstić information content (AvgIpc) is 1.68. The van der Waals surface area contributed by atoms with Crippen molar-refractivity contribution in [2.45, 2.75) is 20.3 Å². The van der Waals surface area contributed by atoms with Gasteiger partial charge in [0.1, 0.15) is 0 Å². The van der Waals surface area contributed by atoms with E-state index in [0.29, 0.717) is 5.92 Å². The summed E-state index contributed by atoms with van der Waals surface area (Å²) in [7, 11) is 2.25. The van der Waals surface area contributed by atoms with Crippen molar-refractivity contribution >= 4 is 9.47 Å². The first-order valence-electron chi connectivity index (χ1n) is 2.63. The second-order valence-electron chi connectivity index (χ2n) is 1.85. The number of hydrogen-bond acceptors (Lipinski definition) is 1. The van der Waals surface area contributed by atoms with Gasteiger partial charge in [0.05, 0.1) is 6.61 Å². The lowest BCUT2D eigenvalue weighted by Crippen LogP contribution is -1.97. The maximum absolute atomic E-state index is 4.81. The number of rotatable bonds is 3. The highest BCUT2D eigenvalue weighted by atomic mass is 31.0. The minimum absolute atomic E-state index is 0.706. The third-order valence-electron chi connectivity index (χ3n) is 1.08. The molecule has 0 aromatic heterocycles. The maximum Gasteiger partial charge on any atom is 0.0527 e. The minimum Gasteiger partial charge on any atom is -0.365 e. The SMILES string of the molecule is CCC(C)COP. The van der Waals surface area contributed by atoms with Gasteiger partial charge in [0, 0.05) is 9.47 Å². The van der Waals surface area contributed by atoms with Crippen molar-refractivity contribution in [1.29, 1.82) is 0 Å². The Hall–Kier alpha value is 0.390. The van der Waals surface area contributed by atoms with E-state index in [4.69, 9.17) is 4.52 Å². The van der Waals surface area contributed by atoms with Crippen molar-refractivity contribution in [1.82, 2.24) is 0 Å². The van der Waals surface area contributed by atoms with Crippen LogP contribution in [-0.2, 0) is 4.52 Å². The van der Waals surface area contributed by atoms with Gasteiger partial charge in [-0.3, -0.25) is 0 Å². The summed E-state index contributed by atoms with van der Waals surface area (Å²) in [5, 5.41) is 0. The van der Waals surface area contributed by atoms with Gasteiger partial charge in [0.15, 0.2) is 0 Å². The standard InChI is InChI=1S/C5H13OP/c1-3-5(2)4-6-7/h5H,3-4,7H2,1-2H3. The van der Waals surface area contributed by atoms with Crippen LogP contribution in [0.1, 0.15) is 20.3 Å². The molecule has 0 bridgehead atoms. The molecule has 0 N–H and O–H groups in total. The lowest BCUT2D eigenvalue weighted by atomic mass is 10.1. The highest BCUT2D eigenvalue weighted by Gasteiger charge is 1.93. The zero-order valence-electron chi connectivity index (χ0n) is 4.98. The van der Waals surface area contributed by atoms with Crippen LogP contribution in [0.4, 0.5) is 0 Å². The summed E-state index contributed by atoms with van der Waals surface area (Å²) < 4.78 is 4.81. The van der Waals surface area contributed by atoms with Gasteiger partial charge in [-0.15, -0.1) is 0 Å². The molecule has 0 aliphatic rings. The van der Waals surface area contributed by atoms with Gasteiger partial charge in [-0.2, -0.15) is 0 Å². The third kappa shape index (κ3) is 4.24. The lowest BCUT2D eigenvalue weighted by Gasteiger charge is -2.03. The molecular weight excluding hydrogens is 107 g/mol. The quantitative estimate of drug-likeness (QED) is 0.516. The molecule has 0 spiro atoms. The van der Waals surface area contributed by atoms with Crippen LogP contribution in [0.3, 0.4) is 0 Å². The molecule has 0 aliphatic heterocycles. The molecule has 0 heterocycles. The van der Waals surface area contributed by atoms with Gasteiger partial charge in [0.2, 0.25) is 0 Å². The molecule has 0 rings (SSSR count). The monoisotopic (exact) mass is 120 g/mol. The summed E-state index contributed by atoms with van der Waals surface area (Å²) >= 11 is 0. The molecule has 0 aromatic rings. The highest BCUT2D eigenvalue weighted by molar-refractivity contribution is 7.09. The van der Waals surface area contributed by atoms with E-state index in [1.165, 1.54) is 6.42 Å². The maximum atomic E-state index is 4.81. The molecule has 2 heteroatoms. The summed E-state index contributed by atoms with van der Waals surface area (Å²) in [5.74, 6) is 0.706. The Morgan fingerprint density at radius 3 is 2.43 bits per heavy atom. The first-order chi connectivity index (χ1) is 3.31. The van der Waals surface area contributed by atoms with Crippen LogP contribution in [0.5, 0.6) is 0 Å². The van der Waals surface area contributed by atoms with E-state index in [9.17, 15) is 0 Å². The molecule has 0 saturated heterocycles. The predicted octanol–water partition coefficient (Wildman–Crippen LogP) is 1.84. The minimum atomic E-state index is 0.706. The Bertz CT molecular complexity index is 39.1. The zero-order chi connectivity index (χ0) is 5.70. The van der Waals surface area contributed by atoms with E-state index in [1.807, 2.05) is 0 Å². The average molecular weight is 120 g/mol. The largest absolute Gasteiger partial charge is 0.365 e. The van der Waals surface area contributed by atoms with Crippen LogP contribution in [-0.4, -0.2) is 6.61 Å². The van der Waals surface area contributed by atoms with Crippen LogP contribution >= 0.6 is 9.47 Å². The summed E-state index contributed by atoms with van der Waals surface area (Å²) in [6.45, 7) is 5.19. The van der Waals surface area contributed by atoms with Gasteiger partial charge in [-0.25, -0.2) is 0 Å². The molecule has 44 valence electrons. The Balaban J connectivity index is 2.83. The van der Waals surface area contributed by atoms with Crippen molar-refractivity contribution in [3.05, 3.63) is 0 Å². The van der Waals surface area contributed by atoms with Crippen LogP contribution in [0.2, 0.25) is 0 Å². The van der Waals surface area contributed by atoms with Crippen molar-refractivity contribution in [2.75, 3.05) is 6.61 Å². The molecule has 7 heavy (non-hydrogen) atoms. The first-order valence-corrected chi connectivity index (χ1v) is 3.10.